The molecular formula is C12H14ClN3O2. The van der Waals surface area contributed by atoms with E-state index >= 15 is 0 Å². The molecule has 0 spiro atoms. The monoisotopic (exact) mass is 267 g/mol. The Labute approximate surface area is 110 Å². The van der Waals surface area contributed by atoms with Gasteiger partial charge >= 0.3 is 0 Å². The molecule has 0 saturated carbocycles. The third kappa shape index (κ3) is 2.61. The number of hydrogen-bond acceptors (Lipinski definition) is 3. The molecule has 1 aliphatic heterocycles. The van der Waals surface area contributed by atoms with E-state index in [-0.39, 0.29) is 17.7 Å². The van der Waals surface area contributed by atoms with Crippen LogP contribution in [0, 0.1) is 5.92 Å². The number of aromatic nitrogens is 1. The average molecular weight is 268 g/mol. The number of nitrogens with one attached hydrogen (secondary N) is 1. The summed E-state index contributed by atoms with van der Waals surface area (Å²) in [5, 5.41) is 3.04. The molecule has 1 saturated heterocycles. The van der Waals surface area contributed by atoms with Gasteiger partial charge in [-0.2, -0.15) is 0 Å². The smallest absolute Gasteiger partial charge is 0.255 e. The maximum Gasteiger partial charge on any atom is 0.255 e. The molecule has 0 unspecified atom stereocenters. The van der Waals surface area contributed by atoms with Crippen molar-refractivity contribution in [2.24, 2.45) is 5.92 Å². The molecular weight excluding hydrogens is 254 g/mol. The lowest BCUT2D eigenvalue weighted by molar-refractivity contribution is -0.124. The zero-order chi connectivity index (χ0) is 13.1. The van der Waals surface area contributed by atoms with Crippen molar-refractivity contribution in [1.29, 1.82) is 0 Å². The summed E-state index contributed by atoms with van der Waals surface area (Å²) in [6.45, 7) is 1.04. The lowest BCUT2D eigenvalue weighted by Gasteiger charge is -2.16. The summed E-state index contributed by atoms with van der Waals surface area (Å²) < 4.78 is 0. The fourth-order valence-corrected chi connectivity index (χ4v) is 2.25. The fourth-order valence-electron chi connectivity index (χ4n) is 2.07. The normalized spacial score (nSPS) is 18.8. The predicted octanol–water partition coefficient (Wildman–Crippen LogP) is 0.943. The summed E-state index contributed by atoms with van der Waals surface area (Å²) in [7, 11) is 1.60. The number of pyridine rings is 1. The number of carbonyl (C=O) groups excluding carboxylic acids is 2. The molecule has 5 nitrogen and oxygen atoms in total. The Morgan fingerprint density at radius 3 is 2.94 bits per heavy atom. The van der Waals surface area contributed by atoms with E-state index in [0.717, 1.165) is 0 Å². The van der Waals surface area contributed by atoms with Crippen LogP contribution >= 0.6 is 11.6 Å². The van der Waals surface area contributed by atoms with Gasteiger partial charge in [-0.25, -0.2) is 0 Å². The number of carbonyl (C=O) groups is 2. The Hall–Kier alpha value is -1.62. The molecule has 2 heterocycles. The van der Waals surface area contributed by atoms with Crippen molar-refractivity contribution in [2.75, 3.05) is 20.1 Å². The van der Waals surface area contributed by atoms with Crippen LogP contribution in [0.4, 0.5) is 0 Å². The third-order valence-electron chi connectivity index (χ3n) is 3.04. The molecule has 6 heteroatoms. The van der Waals surface area contributed by atoms with E-state index in [1.54, 1.807) is 18.0 Å². The first-order chi connectivity index (χ1) is 8.61. The predicted molar refractivity (Wildman–Crippen MR) is 67.3 cm³/mol. The lowest BCUT2D eigenvalue weighted by Crippen LogP contribution is -2.33. The van der Waals surface area contributed by atoms with E-state index in [2.05, 4.69) is 10.3 Å². The summed E-state index contributed by atoms with van der Waals surface area (Å²) in [5.41, 5.74) is 0.458. The van der Waals surface area contributed by atoms with E-state index in [0.29, 0.717) is 30.1 Å². The highest BCUT2D eigenvalue weighted by Crippen LogP contribution is 2.19. The van der Waals surface area contributed by atoms with Gasteiger partial charge < -0.3 is 10.2 Å². The molecule has 1 aromatic heterocycles. The van der Waals surface area contributed by atoms with Crippen LogP contribution in [0.5, 0.6) is 0 Å². The molecule has 1 N–H and O–H groups in total. The van der Waals surface area contributed by atoms with Crippen molar-refractivity contribution in [3.63, 3.8) is 0 Å². The first-order valence-corrected chi connectivity index (χ1v) is 6.11. The molecule has 0 aliphatic carbocycles. The van der Waals surface area contributed by atoms with Crippen molar-refractivity contribution >= 4 is 23.4 Å². The molecule has 2 amide bonds. The van der Waals surface area contributed by atoms with Gasteiger partial charge in [0.25, 0.3) is 5.91 Å². The Balaban J connectivity index is 2.06. The molecule has 18 heavy (non-hydrogen) atoms. The highest BCUT2D eigenvalue weighted by atomic mass is 35.5. The average Bonchev–Trinajstić information content (AvgIpc) is 2.86. The Morgan fingerprint density at radius 2 is 2.28 bits per heavy atom. The first-order valence-electron chi connectivity index (χ1n) is 5.73. The molecule has 1 fully saturated rings. The van der Waals surface area contributed by atoms with Crippen molar-refractivity contribution in [2.45, 2.75) is 6.42 Å². The topological polar surface area (TPSA) is 62.3 Å². The minimum absolute atomic E-state index is 0.0190. The van der Waals surface area contributed by atoms with Crippen LogP contribution in [0.1, 0.15) is 16.8 Å². The minimum atomic E-state index is -0.128. The molecule has 0 aromatic carbocycles. The second-order valence-electron chi connectivity index (χ2n) is 4.24. The van der Waals surface area contributed by atoms with Crippen LogP contribution < -0.4 is 5.32 Å². The minimum Gasteiger partial charge on any atom is -0.359 e. The molecule has 2 rings (SSSR count). The van der Waals surface area contributed by atoms with E-state index in [1.807, 2.05) is 0 Å². The van der Waals surface area contributed by atoms with Gasteiger partial charge in [0, 0.05) is 32.5 Å². The van der Waals surface area contributed by atoms with Crippen LogP contribution in [0.2, 0.25) is 5.02 Å². The molecule has 1 aromatic rings. The summed E-state index contributed by atoms with van der Waals surface area (Å²) >= 11 is 5.80. The van der Waals surface area contributed by atoms with Gasteiger partial charge in [-0.1, -0.05) is 11.6 Å². The largest absolute Gasteiger partial charge is 0.359 e. The van der Waals surface area contributed by atoms with Crippen LogP contribution in [-0.2, 0) is 4.79 Å². The molecule has 0 bridgehead atoms. The van der Waals surface area contributed by atoms with Crippen LogP contribution in [0.3, 0.4) is 0 Å². The SMILES string of the molecule is CNC(=O)[C@H]1CCN(C(=O)c2cncc(Cl)c2)C1. The van der Waals surface area contributed by atoms with Crippen LogP contribution in [0.25, 0.3) is 0 Å². The van der Waals surface area contributed by atoms with Gasteiger partial charge in [-0.3, -0.25) is 14.6 Å². The lowest BCUT2D eigenvalue weighted by atomic mass is 10.1. The molecule has 1 aliphatic rings. The van der Waals surface area contributed by atoms with Gasteiger partial charge in [0.1, 0.15) is 0 Å². The summed E-state index contributed by atoms with van der Waals surface area (Å²) in [6.07, 6.45) is 3.66. The van der Waals surface area contributed by atoms with E-state index in [9.17, 15) is 9.59 Å². The van der Waals surface area contributed by atoms with E-state index in [1.165, 1.54) is 12.4 Å². The maximum absolute atomic E-state index is 12.2. The van der Waals surface area contributed by atoms with Gasteiger partial charge in [0.15, 0.2) is 0 Å². The Kier molecular flexibility index (Phi) is 3.81. The third-order valence-corrected chi connectivity index (χ3v) is 3.25. The summed E-state index contributed by atoms with van der Waals surface area (Å²) in [4.78, 5) is 29.2. The van der Waals surface area contributed by atoms with Crippen LogP contribution in [-0.4, -0.2) is 41.8 Å². The molecule has 0 radical (unpaired) electrons. The van der Waals surface area contributed by atoms with Crippen LogP contribution in [0.15, 0.2) is 18.5 Å². The van der Waals surface area contributed by atoms with Crippen molar-refractivity contribution in [1.82, 2.24) is 15.2 Å². The molecule has 1 atom stereocenters. The number of rotatable bonds is 2. The Bertz CT molecular complexity index is 478. The highest BCUT2D eigenvalue weighted by molar-refractivity contribution is 6.30. The van der Waals surface area contributed by atoms with Gasteiger partial charge in [0.05, 0.1) is 16.5 Å². The quantitative estimate of drug-likeness (QED) is 0.868. The number of likely N-dealkylation sites (tertiary alicyclic amines) is 1. The van der Waals surface area contributed by atoms with Crippen molar-refractivity contribution < 1.29 is 9.59 Å². The fraction of sp³-hybridized carbons (Fsp3) is 0.417. The van der Waals surface area contributed by atoms with Crippen molar-refractivity contribution in [3.05, 3.63) is 29.0 Å². The first kappa shape index (κ1) is 12.8. The maximum atomic E-state index is 12.2. The zero-order valence-corrected chi connectivity index (χ0v) is 10.8. The van der Waals surface area contributed by atoms with Crippen molar-refractivity contribution in [3.8, 4) is 0 Å². The van der Waals surface area contributed by atoms with Gasteiger partial charge in [-0.15, -0.1) is 0 Å². The Morgan fingerprint density at radius 1 is 1.50 bits per heavy atom. The number of halogens is 1. The second kappa shape index (κ2) is 5.35. The second-order valence-corrected chi connectivity index (χ2v) is 4.68. The standard InChI is InChI=1S/C12H14ClN3O2/c1-14-11(17)8-2-3-16(7-8)12(18)9-4-10(13)6-15-5-9/h4-6,8H,2-3,7H2,1H3,(H,14,17)/t8-/m0/s1. The zero-order valence-electron chi connectivity index (χ0n) is 10.0. The number of hydrogen-bond donors (Lipinski definition) is 1. The van der Waals surface area contributed by atoms with Gasteiger partial charge in [-0.05, 0) is 12.5 Å². The van der Waals surface area contributed by atoms with E-state index in [4.69, 9.17) is 11.6 Å². The molecule has 96 valence electrons. The summed E-state index contributed by atoms with van der Waals surface area (Å²) in [5.74, 6) is -0.267. The van der Waals surface area contributed by atoms with Gasteiger partial charge in [0.2, 0.25) is 5.91 Å². The number of amides is 2. The van der Waals surface area contributed by atoms with E-state index < -0.39 is 0 Å². The number of nitrogens with zero attached hydrogens (tertiary/aromatic N) is 2. The highest BCUT2D eigenvalue weighted by Gasteiger charge is 2.30. The summed E-state index contributed by atoms with van der Waals surface area (Å²) in [6, 6.07) is 1.59.